The zero-order chi connectivity index (χ0) is 16.4. The topological polar surface area (TPSA) is 63.7 Å². The maximum Gasteiger partial charge on any atom is 0.223 e. The number of fused-ring (bicyclic) bond motifs is 1. The lowest BCUT2D eigenvalue weighted by Gasteiger charge is -2.30. The third-order valence-corrected chi connectivity index (χ3v) is 6.48. The molecule has 0 aromatic heterocycles. The number of carbonyl (C=O) groups excluding carboxylic acids is 1. The highest BCUT2D eigenvalue weighted by Crippen LogP contribution is 2.27. The van der Waals surface area contributed by atoms with Crippen molar-refractivity contribution in [3.63, 3.8) is 0 Å². The van der Waals surface area contributed by atoms with Gasteiger partial charge in [-0.2, -0.15) is 0 Å². The summed E-state index contributed by atoms with van der Waals surface area (Å²) in [4.78, 5) is 14.3. The number of carbonyl (C=O) groups is 1. The van der Waals surface area contributed by atoms with Crippen molar-refractivity contribution in [2.45, 2.75) is 32.7 Å². The summed E-state index contributed by atoms with van der Waals surface area (Å²) in [6.45, 7) is 3.87. The molecule has 2 aliphatic heterocycles. The third-order valence-electron chi connectivity index (χ3n) is 4.64. The van der Waals surface area contributed by atoms with E-state index in [9.17, 15) is 13.2 Å². The standard InChI is InChI=1S/C17H23NO4S/c1-2-22-16-4-3-14-5-7-18(11-15(14)10-16)17(19)9-13-6-8-23(20,21)12-13/h3-4,10,13H,2,5-9,11-12H2,1H3. The molecule has 0 saturated carbocycles. The van der Waals surface area contributed by atoms with Gasteiger partial charge in [-0.25, -0.2) is 8.42 Å². The van der Waals surface area contributed by atoms with Crippen LogP contribution in [-0.4, -0.2) is 43.9 Å². The molecule has 6 heteroatoms. The Balaban J connectivity index is 1.64. The van der Waals surface area contributed by atoms with Crippen molar-refractivity contribution in [1.29, 1.82) is 0 Å². The summed E-state index contributed by atoms with van der Waals surface area (Å²) in [5.74, 6) is 1.29. The number of benzene rings is 1. The highest BCUT2D eigenvalue weighted by molar-refractivity contribution is 7.91. The molecular formula is C17H23NO4S. The van der Waals surface area contributed by atoms with E-state index in [1.807, 2.05) is 24.0 Å². The van der Waals surface area contributed by atoms with Gasteiger partial charge in [-0.05, 0) is 48.9 Å². The molecule has 2 heterocycles. The number of amides is 1. The number of ether oxygens (including phenoxy) is 1. The molecule has 1 fully saturated rings. The molecule has 126 valence electrons. The van der Waals surface area contributed by atoms with Crippen molar-refractivity contribution in [2.75, 3.05) is 24.7 Å². The minimum atomic E-state index is -2.92. The van der Waals surface area contributed by atoms with Crippen LogP contribution in [0.5, 0.6) is 5.75 Å². The molecule has 5 nitrogen and oxygen atoms in total. The van der Waals surface area contributed by atoms with Gasteiger partial charge in [-0.15, -0.1) is 0 Å². The minimum absolute atomic E-state index is 0.0105. The molecule has 0 aliphatic carbocycles. The van der Waals surface area contributed by atoms with Gasteiger partial charge in [0.1, 0.15) is 5.75 Å². The fourth-order valence-corrected chi connectivity index (χ4v) is 5.27. The summed E-state index contributed by atoms with van der Waals surface area (Å²) >= 11 is 0. The van der Waals surface area contributed by atoms with Crippen LogP contribution in [0, 0.1) is 5.92 Å². The van der Waals surface area contributed by atoms with Gasteiger partial charge < -0.3 is 9.64 Å². The normalized spacial score (nSPS) is 22.7. The van der Waals surface area contributed by atoms with Gasteiger partial charge in [0.2, 0.25) is 5.91 Å². The van der Waals surface area contributed by atoms with Crippen LogP contribution >= 0.6 is 0 Å². The van der Waals surface area contributed by atoms with E-state index in [-0.39, 0.29) is 23.3 Å². The van der Waals surface area contributed by atoms with E-state index in [2.05, 4.69) is 6.07 Å². The van der Waals surface area contributed by atoms with E-state index < -0.39 is 9.84 Å². The molecule has 0 radical (unpaired) electrons. The number of rotatable bonds is 4. The van der Waals surface area contributed by atoms with Crippen LogP contribution in [0.25, 0.3) is 0 Å². The first-order chi connectivity index (χ1) is 11.0. The first-order valence-electron chi connectivity index (χ1n) is 8.19. The highest BCUT2D eigenvalue weighted by atomic mass is 32.2. The predicted molar refractivity (Wildman–Crippen MR) is 88.1 cm³/mol. The Morgan fingerprint density at radius 1 is 1.35 bits per heavy atom. The summed E-state index contributed by atoms with van der Waals surface area (Å²) in [6.07, 6.45) is 1.81. The number of hydrogen-bond donors (Lipinski definition) is 0. The van der Waals surface area contributed by atoms with Crippen molar-refractivity contribution in [2.24, 2.45) is 5.92 Å². The quantitative estimate of drug-likeness (QED) is 0.840. The van der Waals surface area contributed by atoms with E-state index in [1.54, 1.807) is 0 Å². The highest BCUT2D eigenvalue weighted by Gasteiger charge is 2.31. The lowest BCUT2D eigenvalue weighted by atomic mass is 9.98. The van der Waals surface area contributed by atoms with E-state index in [4.69, 9.17) is 4.74 Å². The summed E-state index contributed by atoms with van der Waals surface area (Å²) in [6, 6.07) is 6.06. The van der Waals surface area contributed by atoms with Gasteiger partial charge in [-0.3, -0.25) is 4.79 Å². The van der Waals surface area contributed by atoms with E-state index in [0.29, 0.717) is 32.5 Å². The number of sulfone groups is 1. The van der Waals surface area contributed by atoms with Crippen molar-refractivity contribution in [3.8, 4) is 5.75 Å². The van der Waals surface area contributed by atoms with Gasteiger partial charge in [-0.1, -0.05) is 6.07 Å². The van der Waals surface area contributed by atoms with Gasteiger partial charge in [0.25, 0.3) is 0 Å². The maximum absolute atomic E-state index is 12.5. The Morgan fingerprint density at radius 2 is 2.17 bits per heavy atom. The van der Waals surface area contributed by atoms with E-state index in [1.165, 1.54) is 5.56 Å². The second-order valence-corrected chi connectivity index (χ2v) is 8.63. The summed E-state index contributed by atoms with van der Waals surface area (Å²) in [7, 11) is -2.92. The fraction of sp³-hybridized carbons (Fsp3) is 0.588. The van der Waals surface area contributed by atoms with Gasteiger partial charge in [0.15, 0.2) is 9.84 Å². The second-order valence-electron chi connectivity index (χ2n) is 6.40. The van der Waals surface area contributed by atoms with Crippen LogP contribution in [-0.2, 0) is 27.6 Å². The maximum atomic E-state index is 12.5. The van der Waals surface area contributed by atoms with Crippen LogP contribution in [0.1, 0.15) is 30.9 Å². The molecule has 2 aliphatic rings. The summed E-state index contributed by atoms with van der Waals surface area (Å²) in [5.41, 5.74) is 2.40. The Hall–Kier alpha value is -1.56. The molecule has 0 bridgehead atoms. The van der Waals surface area contributed by atoms with Crippen LogP contribution in [0.3, 0.4) is 0 Å². The summed E-state index contributed by atoms with van der Waals surface area (Å²) < 4.78 is 28.6. The molecule has 1 atom stereocenters. The van der Waals surface area contributed by atoms with Crippen molar-refractivity contribution in [1.82, 2.24) is 4.90 Å². The monoisotopic (exact) mass is 337 g/mol. The molecular weight excluding hydrogens is 314 g/mol. The van der Waals surface area contributed by atoms with Crippen LogP contribution < -0.4 is 4.74 Å². The smallest absolute Gasteiger partial charge is 0.223 e. The van der Waals surface area contributed by atoms with Crippen molar-refractivity contribution < 1.29 is 17.9 Å². The van der Waals surface area contributed by atoms with Gasteiger partial charge in [0.05, 0.1) is 18.1 Å². The molecule has 1 saturated heterocycles. The molecule has 23 heavy (non-hydrogen) atoms. The lowest BCUT2D eigenvalue weighted by molar-refractivity contribution is -0.132. The molecule has 0 N–H and O–H groups in total. The third kappa shape index (κ3) is 3.86. The predicted octanol–water partition coefficient (Wildman–Crippen LogP) is 1.79. The van der Waals surface area contributed by atoms with E-state index in [0.717, 1.165) is 17.7 Å². The van der Waals surface area contributed by atoms with Crippen molar-refractivity contribution >= 4 is 15.7 Å². The second kappa shape index (κ2) is 6.51. The fourth-order valence-electron chi connectivity index (χ4n) is 3.41. The SMILES string of the molecule is CCOc1ccc2c(c1)CN(C(=O)CC1CCS(=O)(=O)C1)CC2. The van der Waals surface area contributed by atoms with Crippen LogP contribution in [0.2, 0.25) is 0 Å². The van der Waals surface area contributed by atoms with Gasteiger partial charge in [0, 0.05) is 19.5 Å². The minimum Gasteiger partial charge on any atom is -0.494 e. The molecule has 3 rings (SSSR count). The zero-order valence-electron chi connectivity index (χ0n) is 13.5. The van der Waals surface area contributed by atoms with Crippen LogP contribution in [0.15, 0.2) is 18.2 Å². The van der Waals surface area contributed by atoms with Gasteiger partial charge >= 0.3 is 0 Å². The summed E-state index contributed by atoms with van der Waals surface area (Å²) in [5, 5.41) is 0. The molecule has 0 spiro atoms. The Kier molecular flexibility index (Phi) is 4.62. The number of hydrogen-bond acceptors (Lipinski definition) is 4. The Bertz CT molecular complexity index is 699. The Labute approximate surface area is 137 Å². The zero-order valence-corrected chi connectivity index (χ0v) is 14.3. The molecule has 1 aromatic rings. The Morgan fingerprint density at radius 3 is 2.87 bits per heavy atom. The van der Waals surface area contributed by atoms with Crippen molar-refractivity contribution in [3.05, 3.63) is 29.3 Å². The largest absolute Gasteiger partial charge is 0.494 e. The number of nitrogens with zero attached hydrogens (tertiary/aromatic N) is 1. The van der Waals surface area contributed by atoms with Crippen LogP contribution in [0.4, 0.5) is 0 Å². The average molecular weight is 337 g/mol. The first-order valence-corrected chi connectivity index (χ1v) is 10.0. The molecule has 1 aromatic carbocycles. The molecule has 1 amide bonds. The lowest BCUT2D eigenvalue weighted by Crippen LogP contribution is -2.37. The first kappa shape index (κ1) is 16.3. The average Bonchev–Trinajstić information content (AvgIpc) is 2.85. The molecule has 1 unspecified atom stereocenters. The van der Waals surface area contributed by atoms with E-state index >= 15 is 0 Å².